The molecule has 1 saturated heterocycles. The van der Waals surface area contributed by atoms with Gasteiger partial charge in [0.15, 0.2) is 0 Å². The number of hydrogen-bond acceptors (Lipinski definition) is 4. The third-order valence-corrected chi connectivity index (χ3v) is 2.96. The van der Waals surface area contributed by atoms with Gasteiger partial charge >= 0.3 is 6.03 Å². The molecule has 2 amide bonds. The molecule has 0 bridgehead atoms. The zero-order chi connectivity index (χ0) is 13.5. The summed E-state index contributed by atoms with van der Waals surface area (Å²) >= 11 is 0. The number of nitrogens with zero attached hydrogens (tertiary/aromatic N) is 3. The smallest absolute Gasteiger partial charge is 0.317 e. The molecule has 1 N–H and O–H groups in total. The summed E-state index contributed by atoms with van der Waals surface area (Å²) in [5.74, 6) is 0.539. The van der Waals surface area contributed by atoms with Crippen LogP contribution < -0.4 is 10.1 Å². The number of nitrogens with one attached hydrogen (secondary N) is 1. The van der Waals surface area contributed by atoms with Crippen LogP contribution in [-0.4, -0.2) is 46.9 Å². The second-order valence-corrected chi connectivity index (χ2v) is 4.34. The van der Waals surface area contributed by atoms with Crippen LogP contribution in [0.2, 0.25) is 0 Å². The molecule has 1 fully saturated rings. The summed E-state index contributed by atoms with van der Waals surface area (Å²) in [6, 6.07) is 3.54. The van der Waals surface area contributed by atoms with Gasteiger partial charge in [0, 0.05) is 44.7 Å². The minimum absolute atomic E-state index is 0.0437. The maximum absolute atomic E-state index is 11.7. The van der Waals surface area contributed by atoms with Crippen LogP contribution in [0.4, 0.5) is 4.79 Å². The SMILES string of the molecule is C=CCNC(=O)N1CCC(Oc2cccnn2)CC1. The Hall–Kier alpha value is -2.11. The first-order valence-corrected chi connectivity index (χ1v) is 6.37. The summed E-state index contributed by atoms with van der Waals surface area (Å²) in [5, 5.41) is 10.4. The highest BCUT2D eigenvalue weighted by molar-refractivity contribution is 5.74. The average molecular weight is 262 g/mol. The predicted octanol–water partition coefficient (Wildman–Crippen LogP) is 1.22. The minimum atomic E-state index is -0.0437. The zero-order valence-corrected chi connectivity index (χ0v) is 10.8. The summed E-state index contributed by atoms with van der Waals surface area (Å²) < 4.78 is 5.72. The number of rotatable bonds is 4. The Kier molecular flexibility index (Phi) is 4.72. The quantitative estimate of drug-likeness (QED) is 0.828. The number of likely N-dealkylation sites (tertiary alicyclic amines) is 1. The van der Waals surface area contributed by atoms with Crippen molar-refractivity contribution in [1.82, 2.24) is 20.4 Å². The standard InChI is InChI=1S/C13H18N4O2/c1-2-7-14-13(18)17-9-5-11(6-10-17)19-12-4-3-8-15-16-12/h2-4,8,11H,1,5-7,9-10H2,(H,14,18). The van der Waals surface area contributed by atoms with E-state index in [1.807, 2.05) is 0 Å². The monoisotopic (exact) mass is 262 g/mol. The van der Waals surface area contributed by atoms with Crippen LogP contribution in [0.5, 0.6) is 5.88 Å². The summed E-state index contributed by atoms with van der Waals surface area (Å²) in [6.45, 7) is 5.44. The highest BCUT2D eigenvalue weighted by Gasteiger charge is 2.23. The zero-order valence-electron chi connectivity index (χ0n) is 10.8. The van der Waals surface area contributed by atoms with Gasteiger partial charge in [-0.3, -0.25) is 0 Å². The third-order valence-electron chi connectivity index (χ3n) is 2.96. The molecule has 0 aliphatic carbocycles. The summed E-state index contributed by atoms with van der Waals surface area (Å²) in [6.07, 6.45) is 4.98. The van der Waals surface area contributed by atoms with E-state index in [-0.39, 0.29) is 12.1 Å². The molecule has 1 aromatic heterocycles. The fourth-order valence-corrected chi connectivity index (χ4v) is 1.97. The lowest BCUT2D eigenvalue weighted by molar-refractivity contribution is 0.107. The Bertz CT molecular complexity index is 416. The molecule has 1 aliphatic heterocycles. The van der Waals surface area contributed by atoms with E-state index in [9.17, 15) is 4.79 Å². The van der Waals surface area contributed by atoms with E-state index in [0.29, 0.717) is 25.5 Å². The molecule has 1 aromatic rings. The number of aromatic nitrogens is 2. The lowest BCUT2D eigenvalue weighted by atomic mass is 10.1. The van der Waals surface area contributed by atoms with E-state index in [0.717, 1.165) is 12.8 Å². The molecule has 0 radical (unpaired) electrons. The van der Waals surface area contributed by atoms with Crippen molar-refractivity contribution in [2.24, 2.45) is 0 Å². The number of ether oxygens (including phenoxy) is 1. The summed E-state index contributed by atoms with van der Waals surface area (Å²) in [7, 11) is 0. The number of piperidine rings is 1. The fraction of sp³-hybridized carbons (Fsp3) is 0.462. The fourth-order valence-electron chi connectivity index (χ4n) is 1.97. The van der Waals surface area contributed by atoms with Gasteiger partial charge in [-0.05, 0) is 6.07 Å². The first-order valence-electron chi connectivity index (χ1n) is 6.37. The van der Waals surface area contributed by atoms with E-state index in [1.165, 1.54) is 0 Å². The van der Waals surface area contributed by atoms with Crippen molar-refractivity contribution in [3.63, 3.8) is 0 Å². The minimum Gasteiger partial charge on any atom is -0.473 e. The lowest BCUT2D eigenvalue weighted by Gasteiger charge is -2.31. The first-order chi connectivity index (χ1) is 9.29. The maximum atomic E-state index is 11.7. The highest BCUT2D eigenvalue weighted by Crippen LogP contribution is 2.16. The second-order valence-electron chi connectivity index (χ2n) is 4.34. The van der Waals surface area contributed by atoms with Gasteiger partial charge in [-0.15, -0.1) is 11.7 Å². The van der Waals surface area contributed by atoms with Crippen LogP contribution in [0.15, 0.2) is 31.0 Å². The molecule has 19 heavy (non-hydrogen) atoms. The number of urea groups is 1. The Morgan fingerprint density at radius 3 is 3.00 bits per heavy atom. The van der Waals surface area contributed by atoms with Gasteiger partial charge in [0.1, 0.15) is 6.10 Å². The van der Waals surface area contributed by atoms with Crippen molar-refractivity contribution in [3.8, 4) is 5.88 Å². The van der Waals surface area contributed by atoms with Gasteiger partial charge in [-0.2, -0.15) is 5.10 Å². The van der Waals surface area contributed by atoms with Crippen molar-refractivity contribution in [2.75, 3.05) is 19.6 Å². The Morgan fingerprint density at radius 2 is 2.37 bits per heavy atom. The van der Waals surface area contributed by atoms with Crippen molar-refractivity contribution in [3.05, 3.63) is 31.0 Å². The van der Waals surface area contributed by atoms with Gasteiger partial charge in [-0.1, -0.05) is 6.08 Å². The van der Waals surface area contributed by atoms with E-state index in [1.54, 1.807) is 29.3 Å². The highest BCUT2D eigenvalue weighted by atomic mass is 16.5. The van der Waals surface area contributed by atoms with Crippen LogP contribution in [0.25, 0.3) is 0 Å². The van der Waals surface area contributed by atoms with Crippen LogP contribution in [0.1, 0.15) is 12.8 Å². The molecular formula is C13H18N4O2. The first kappa shape index (κ1) is 13.3. The van der Waals surface area contributed by atoms with E-state index >= 15 is 0 Å². The van der Waals surface area contributed by atoms with E-state index in [2.05, 4.69) is 22.1 Å². The van der Waals surface area contributed by atoms with Crippen LogP contribution in [0.3, 0.4) is 0 Å². The van der Waals surface area contributed by atoms with Gasteiger partial charge in [0.2, 0.25) is 5.88 Å². The number of hydrogen-bond donors (Lipinski definition) is 1. The van der Waals surface area contributed by atoms with Crippen LogP contribution >= 0.6 is 0 Å². The molecule has 0 aromatic carbocycles. The molecule has 102 valence electrons. The molecule has 0 atom stereocenters. The Morgan fingerprint density at radius 1 is 1.58 bits per heavy atom. The molecule has 0 spiro atoms. The molecular weight excluding hydrogens is 244 g/mol. The van der Waals surface area contributed by atoms with Gasteiger partial charge in [0.05, 0.1) is 0 Å². The second kappa shape index (κ2) is 6.72. The van der Waals surface area contributed by atoms with Crippen LogP contribution in [0, 0.1) is 0 Å². The number of carbonyl (C=O) groups excluding carboxylic acids is 1. The molecule has 0 saturated carbocycles. The topological polar surface area (TPSA) is 67.4 Å². The van der Waals surface area contributed by atoms with Crippen molar-refractivity contribution < 1.29 is 9.53 Å². The number of amides is 2. The molecule has 6 heteroatoms. The largest absolute Gasteiger partial charge is 0.473 e. The predicted molar refractivity (Wildman–Crippen MR) is 70.9 cm³/mol. The van der Waals surface area contributed by atoms with Crippen LogP contribution in [-0.2, 0) is 0 Å². The molecule has 6 nitrogen and oxygen atoms in total. The average Bonchev–Trinajstić information content (AvgIpc) is 2.46. The molecule has 2 rings (SSSR count). The van der Waals surface area contributed by atoms with Gasteiger partial charge in [-0.25, -0.2) is 4.79 Å². The normalized spacial score (nSPS) is 15.9. The lowest BCUT2D eigenvalue weighted by Crippen LogP contribution is -2.46. The Labute approximate surface area is 112 Å². The summed E-state index contributed by atoms with van der Waals surface area (Å²) in [5.41, 5.74) is 0. The number of carbonyl (C=O) groups is 1. The van der Waals surface area contributed by atoms with Crippen molar-refractivity contribution in [2.45, 2.75) is 18.9 Å². The molecule has 0 unspecified atom stereocenters. The Balaban J connectivity index is 1.76. The molecule has 1 aliphatic rings. The van der Waals surface area contributed by atoms with Gasteiger partial charge in [0.25, 0.3) is 0 Å². The van der Waals surface area contributed by atoms with E-state index < -0.39 is 0 Å². The van der Waals surface area contributed by atoms with Crippen molar-refractivity contribution >= 4 is 6.03 Å². The van der Waals surface area contributed by atoms with Crippen molar-refractivity contribution in [1.29, 1.82) is 0 Å². The maximum Gasteiger partial charge on any atom is 0.317 e. The summed E-state index contributed by atoms with van der Waals surface area (Å²) in [4.78, 5) is 13.5. The van der Waals surface area contributed by atoms with E-state index in [4.69, 9.17) is 4.74 Å². The van der Waals surface area contributed by atoms with Gasteiger partial charge < -0.3 is 15.0 Å². The third kappa shape index (κ3) is 3.94. The molecule has 2 heterocycles.